The lowest BCUT2D eigenvalue weighted by Gasteiger charge is -2.25. The van der Waals surface area contributed by atoms with Crippen LogP contribution in [0.1, 0.15) is 36.2 Å². The summed E-state index contributed by atoms with van der Waals surface area (Å²) in [5.74, 6) is 0.674. The SMILES string of the molecule is CC1CNC(C)c2cc(Br)sc21. The van der Waals surface area contributed by atoms with E-state index in [0.717, 1.165) is 6.54 Å². The second-order valence-corrected chi connectivity index (χ2v) is 5.86. The molecule has 2 unspecified atom stereocenters. The molecular weight excluding hydrogens is 234 g/mol. The maximum atomic E-state index is 3.54. The summed E-state index contributed by atoms with van der Waals surface area (Å²) in [4.78, 5) is 1.55. The molecule has 0 saturated carbocycles. The molecule has 1 aromatic rings. The van der Waals surface area contributed by atoms with Crippen LogP contribution < -0.4 is 5.32 Å². The Labute approximate surface area is 85.3 Å². The molecule has 0 radical (unpaired) electrons. The summed E-state index contributed by atoms with van der Waals surface area (Å²) in [5, 5.41) is 3.49. The standard InChI is InChI=1S/C9H12BrNS/c1-5-4-11-6(2)7-3-8(10)12-9(5)7/h3,5-6,11H,4H2,1-2H3. The van der Waals surface area contributed by atoms with Crippen LogP contribution in [0.2, 0.25) is 0 Å². The van der Waals surface area contributed by atoms with Gasteiger partial charge in [0.15, 0.2) is 0 Å². The van der Waals surface area contributed by atoms with Crippen LogP contribution in [-0.2, 0) is 0 Å². The number of rotatable bonds is 0. The van der Waals surface area contributed by atoms with Crippen LogP contribution in [0.4, 0.5) is 0 Å². The van der Waals surface area contributed by atoms with Gasteiger partial charge in [-0.25, -0.2) is 0 Å². The topological polar surface area (TPSA) is 12.0 Å². The summed E-state index contributed by atoms with van der Waals surface area (Å²) in [7, 11) is 0. The Kier molecular flexibility index (Phi) is 2.27. The van der Waals surface area contributed by atoms with Gasteiger partial charge in [-0.05, 0) is 34.5 Å². The minimum atomic E-state index is 0.527. The summed E-state index contributed by atoms with van der Waals surface area (Å²) in [6.07, 6.45) is 0. The van der Waals surface area contributed by atoms with Crippen molar-refractivity contribution in [2.75, 3.05) is 6.54 Å². The van der Waals surface area contributed by atoms with Crippen molar-refractivity contribution >= 4 is 27.3 Å². The average molecular weight is 246 g/mol. The van der Waals surface area contributed by atoms with E-state index >= 15 is 0 Å². The van der Waals surface area contributed by atoms with Gasteiger partial charge in [-0.1, -0.05) is 6.92 Å². The van der Waals surface area contributed by atoms with Crippen LogP contribution in [0.3, 0.4) is 0 Å². The van der Waals surface area contributed by atoms with Crippen LogP contribution in [0.25, 0.3) is 0 Å². The molecule has 1 nitrogen and oxygen atoms in total. The van der Waals surface area contributed by atoms with E-state index in [2.05, 4.69) is 41.2 Å². The van der Waals surface area contributed by atoms with Gasteiger partial charge in [0.05, 0.1) is 3.79 Å². The number of fused-ring (bicyclic) bond motifs is 1. The summed E-state index contributed by atoms with van der Waals surface area (Å²) >= 11 is 5.42. The first-order valence-corrected chi connectivity index (χ1v) is 5.82. The highest BCUT2D eigenvalue weighted by Gasteiger charge is 2.23. The molecule has 1 aromatic heterocycles. The molecule has 0 spiro atoms. The van der Waals surface area contributed by atoms with Gasteiger partial charge in [0.25, 0.3) is 0 Å². The lowest BCUT2D eigenvalue weighted by Crippen LogP contribution is -2.28. The first kappa shape index (κ1) is 8.73. The van der Waals surface area contributed by atoms with Crippen LogP contribution in [0.5, 0.6) is 0 Å². The first-order chi connectivity index (χ1) is 5.68. The second kappa shape index (κ2) is 3.13. The molecule has 0 bridgehead atoms. The van der Waals surface area contributed by atoms with Gasteiger partial charge in [0.2, 0.25) is 0 Å². The Morgan fingerprint density at radius 2 is 2.33 bits per heavy atom. The molecule has 12 heavy (non-hydrogen) atoms. The van der Waals surface area contributed by atoms with Crippen LogP contribution >= 0.6 is 27.3 Å². The average Bonchev–Trinajstić information content (AvgIpc) is 2.41. The van der Waals surface area contributed by atoms with Gasteiger partial charge in [-0.3, -0.25) is 0 Å². The van der Waals surface area contributed by atoms with Gasteiger partial charge < -0.3 is 5.32 Å². The van der Waals surface area contributed by atoms with Gasteiger partial charge in [-0.2, -0.15) is 0 Å². The van der Waals surface area contributed by atoms with Crippen molar-refractivity contribution in [2.45, 2.75) is 25.8 Å². The van der Waals surface area contributed by atoms with E-state index in [1.165, 1.54) is 9.35 Å². The van der Waals surface area contributed by atoms with Gasteiger partial charge in [0, 0.05) is 23.4 Å². The Hall–Kier alpha value is 0.140. The van der Waals surface area contributed by atoms with Crippen molar-refractivity contribution in [1.29, 1.82) is 0 Å². The third-order valence-corrected chi connectivity index (χ3v) is 4.29. The zero-order chi connectivity index (χ0) is 8.72. The third-order valence-electron chi connectivity index (χ3n) is 2.41. The van der Waals surface area contributed by atoms with Crippen LogP contribution in [0.15, 0.2) is 9.85 Å². The van der Waals surface area contributed by atoms with Crippen molar-refractivity contribution in [3.63, 3.8) is 0 Å². The molecule has 0 fully saturated rings. The monoisotopic (exact) mass is 245 g/mol. The number of thiophene rings is 1. The van der Waals surface area contributed by atoms with Crippen LogP contribution in [0, 0.1) is 0 Å². The van der Waals surface area contributed by atoms with E-state index in [1.54, 1.807) is 4.88 Å². The molecule has 66 valence electrons. The third kappa shape index (κ3) is 1.34. The van der Waals surface area contributed by atoms with Gasteiger partial charge >= 0.3 is 0 Å². The fourth-order valence-electron chi connectivity index (χ4n) is 1.67. The van der Waals surface area contributed by atoms with Crippen LogP contribution in [-0.4, -0.2) is 6.54 Å². The van der Waals surface area contributed by atoms with Gasteiger partial charge in [0.1, 0.15) is 0 Å². The highest BCUT2D eigenvalue weighted by Crippen LogP contribution is 2.38. The molecule has 1 N–H and O–H groups in total. The molecule has 0 aromatic carbocycles. The Morgan fingerprint density at radius 3 is 3.00 bits per heavy atom. The van der Waals surface area contributed by atoms with E-state index in [1.807, 2.05) is 11.3 Å². The van der Waals surface area contributed by atoms with E-state index in [4.69, 9.17) is 0 Å². The first-order valence-electron chi connectivity index (χ1n) is 4.21. The number of hydrogen-bond donors (Lipinski definition) is 1. The minimum absolute atomic E-state index is 0.527. The summed E-state index contributed by atoms with van der Waals surface area (Å²) in [6.45, 7) is 5.62. The van der Waals surface area contributed by atoms with Crippen molar-refractivity contribution in [1.82, 2.24) is 5.32 Å². The van der Waals surface area contributed by atoms with E-state index < -0.39 is 0 Å². The van der Waals surface area contributed by atoms with Crippen molar-refractivity contribution in [2.24, 2.45) is 0 Å². The number of nitrogens with one attached hydrogen (secondary N) is 1. The molecule has 1 aliphatic rings. The lowest BCUT2D eigenvalue weighted by atomic mass is 9.97. The van der Waals surface area contributed by atoms with E-state index in [-0.39, 0.29) is 0 Å². The minimum Gasteiger partial charge on any atom is -0.310 e. The Morgan fingerprint density at radius 1 is 1.58 bits per heavy atom. The molecule has 0 saturated heterocycles. The zero-order valence-electron chi connectivity index (χ0n) is 7.23. The smallest absolute Gasteiger partial charge is 0.0704 e. The van der Waals surface area contributed by atoms with Gasteiger partial charge in [-0.15, -0.1) is 11.3 Å². The molecule has 2 atom stereocenters. The predicted octanol–water partition coefficient (Wildman–Crippen LogP) is 3.28. The van der Waals surface area contributed by atoms with Crippen molar-refractivity contribution in [3.05, 3.63) is 20.3 Å². The molecule has 3 heteroatoms. The fraction of sp³-hybridized carbons (Fsp3) is 0.556. The highest BCUT2D eigenvalue weighted by molar-refractivity contribution is 9.11. The normalized spacial score (nSPS) is 28.6. The highest BCUT2D eigenvalue weighted by atomic mass is 79.9. The largest absolute Gasteiger partial charge is 0.310 e. The quantitative estimate of drug-likeness (QED) is 0.740. The molecule has 1 aliphatic heterocycles. The second-order valence-electron chi connectivity index (χ2n) is 3.40. The summed E-state index contributed by atoms with van der Waals surface area (Å²) in [5.41, 5.74) is 1.48. The molecule has 0 aliphatic carbocycles. The number of halogens is 1. The maximum Gasteiger partial charge on any atom is 0.0704 e. The number of hydrogen-bond acceptors (Lipinski definition) is 2. The fourth-order valence-corrected chi connectivity index (χ4v) is 3.47. The summed E-state index contributed by atoms with van der Waals surface area (Å²) in [6, 6.07) is 2.77. The van der Waals surface area contributed by atoms with E-state index in [0.29, 0.717) is 12.0 Å². The molecular formula is C9H12BrNS. The molecule has 0 amide bonds. The zero-order valence-corrected chi connectivity index (χ0v) is 9.63. The molecule has 2 heterocycles. The Bertz CT molecular complexity index is 267. The maximum absolute atomic E-state index is 3.54. The lowest BCUT2D eigenvalue weighted by molar-refractivity contribution is 0.502. The predicted molar refractivity (Wildman–Crippen MR) is 56.9 cm³/mol. The van der Waals surface area contributed by atoms with Crippen molar-refractivity contribution < 1.29 is 0 Å². The molecule has 2 rings (SSSR count). The summed E-state index contributed by atoms with van der Waals surface area (Å²) < 4.78 is 1.26. The Balaban J connectivity index is 2.47. The van der Waals surface area contributed by atoms with Crippen molar-refractivity contribution in [3.8, 4) is 0 Å². The van der Waals surface area contributed by atoms with E-state index in [9.17, 15) is 0 Å².